The summed E-state index contributed by atoms with van der Waals surface area (Å²) in [6.45, 7) is 4.97. The van der Waals surface area contributed by atoms with Crippen LogP contribution in [-0.2, 0) is 4.28 Å². The molecular weight excluding hydrogens is 182 g/mol. The highest BCUT2D eigenvalue weighted by Gasteiger charge is 1.95. The Labute approximate surface area is 79.6 Å². The van der Waals surface area contributed by atoms with Crippen molar-refractivity contribution in [2.75, 3.05) is 26.7 Å². The molecule has 0 amide bonds. The number of rotatable bonds is 6. The molecule has 0 atom stereocenters. The second kappa shape index (κ2) is 10.5. The lowest BCUT2D eigenvalue weighted by atomic mass is 10.6. The topological polar surface area (TPSA) is 50.5 Å². The van der Waals surface area contributed by atoms with Crippen LogP contribution >= 0.6 is 25.7 Å². The Bertz CT molecular complexity index is 76.7. The van der Waals surface area contributed by atoms with Crippen LogP contribution in [0.1, 0.15) is 6.92 Å². The van der Waals surface area contributed by atoms with Crippen molar-refractivity contribution in [1.29, 1.82) is 0 Å². The zero-order valence-corrected chi connectivity index (χ0v) is 8.78. The van der Waals surface area contributed by atoms with Gasteiger partial charge in [-0.15, -0.1) is 0 Å². The van der Waals surface area contributed by atoms with Crippen molar-refractivity contribution in [2.24, 2.45) is 5.90 Å². The van der Waals surface area contributed by atoms with Crippen molar-refractivity contribution in [3.05, 3.63) is 0 Å². The van der Waals surface area contributed by atoms with Gasteiger partial charge >= 0.3 is 0 Å². The monoisotopic (exact) mass is 199 g/mol. The zero-order chi connectivity index (χ0) is 7.82. The molecule has 0 bridgehead atoms. The summed E-state index contributed by atoms with van der Waals surface area (Å²) in [6.07, 6.45) is 0. The molecule has 0 aromatic heterocycles. The van der Waals surface area contributed by atoms with Gasteiger partial charge in [-0.1, -0.05) is 6.92 Å². The van der Waals surface area contributed by atoms with Gasteiger partial charge in [0.2, 0.25) is 0 Å². The van der Waals surface area contributed by atoms with Crippen LogP contribution in [0.25, 0.3) is 0 Å². The van der Waals surface area contributed by atoms with Crippen LogP contribution in [0.15, 0.2) is 0 Å². The van der Waals surface area contributed by atoms with Crippen molar-refractivity contribution in [2.45, 2.75) is 6.92 Å². The van der Waals surface area contributed by atoms with Crippen LogP contribution in [-0.4, -0.2) is 31.0 Å². The van der Waals surface area contributed by atoms with Gasteiger partial charge in [0.05, 0.1) is 0 Å². The summed E-state index contributed by atoms with van der Waals surface area (Å²) in [5.41, 5.74) is 0. The lowest BCUT2D eigenvalue weighted by molar-refractivity contribution is 0.365. The van der Waals surface area contributed by atoms with E-state index in [1.807, 2.05) is 11.4 Å². The van der Waals surface area contributed by atoms with Gasteiger partial charge in [-0.3, -0.25) is 0 Å². The Kier molecular flexibility index (Phi) is 13.5. The summed E-state index contributed by atoms with van der Waals surface area (Å²) in [6, 6.07) is 0. The standard InChI is InChI=1S/C5H15N3OS.H2S/c1-3-7-4-5-8(2)10-9-6;/h7H,3-6H2,1-2H3;1H2. The summed E-state index contributed by atoms with van der Waals surface area (Å²) in [5, 5.41) is 3.19. The molecule has 0 heterocycles. The van der Waals surface area contributed by atoms with Crippen LogP contribution in [0, 0.1) is 0 Å². The third-order valence-corrected chi connectivity index (χ3v) is 1.55. The molecular formula is C5H17N3OS2. The highest BCUT2D eigenvalue weighted by atomic mass is 32.2. The second-order valence-electron chi connectivity index (χ2n) is 1.88. The van der Waals surface area contributed by atoms with Crippen molar-refractivity contribution in [3.8, 4) is 0 Å². The number of nitrogens with one attached hydrogen (secondary N) is 1. The SMILES string of the molecule is CCNCCN(C)SON.S. The third-order valence-electron chi connectivity index (χ3n) is 1.02. The van der Waals surface area contributed by atoms with Crippen LogP contribution in [0.2, 0.25) is 0 Å². The first-order valence-corrected chi connectivity index (χ1v) is 3.96. The fraction of sp³-hybridized carbons (Fsp3) is 1.00. The van der Waals surface area contributed by atoms with Gasteiger partial charge in [0, 0.05) is 13.1 Å². The zero-order valence-electron chi connectivity index (χ0n) is 6.96. The van der Waals surface area contributed by atoms with E-state index >= 15 is 0 Å². The molecule has 0 aromatic rings. The lowest BCUT2D eigenvalue weighted by Crippen LogP contribution is -2.25. The van der Waals surface area contributed by atoms with E-state index in [-0.39, 0.29) is 13.5 Å². The Hall–Kier alpha value is 0.540. The molecule has 0 saturated heterocycles. The lowest BCUT2D eigenvalue weighted by Gasteiger charge is -2.11. The van der Waals surface area contributed by atoms with E-state index < -0.39 is 0 Å². The number of hydrogen-bond donors (Lipinski definition) is 2. The van der Waals surface area contributed by atoms with Gasteiger partial charge in [-0.05, 0) is 13.6 Å². The summed E-state index contributed by atoms with van der Waals surface area (Å²) >= 11 is 1.15. The average molecular weight is 199 g/mol. The van der Waals surface area contributed by atoms with E-state index in [9.17, 15) is 0 Å². The van der Waals surface area contributed by atoms with Crippen LogP contribution in [0.3, 0.4) is 0 Å². The molecule has 0 aliphatic rings. The minimum Gasteiger partial charge on any atom is -0.316 e. The maximum absolute atomic E-state index is 4.83. The van der Waals surface area contributed by atoms with Gasteiger partial charge in [-0.2, -0.15) is 13.5 Å². The quantitative estimate of drug-likeness (QED) is 0.275. The first kappa shape index (κ1) is 14.1. The van der Waals surface area contributed by atoms with Crippen molar-refractivity contribution in [1.82, 2.24) is 9.62 Å². The molecule has 0 fully saturated rings. The molecule has 4 nitrogen and oxygen atoms in total. The largest absolute Gasteiger partial charge is 0.316 e. The van der Waals surface area contributed by atoms with Crippen molar-refractivity contribution in [3.63, 3.8) is 0 Å². The summed E-state index contributed by atoms with van der Waals surface area (Å²) in [7, 11) is 1.93. The summed E-state index contributed by atoms with van der Waals surface area (Å²) < 4.78 is 6.27. The molecule has 0 aliphatic carbocycles. The molecule has 3 N–H and O–H groups in total. The first-order chi connectivity index (χ1) is 4.81. The fourth-order valence-corrected chi connectivity index (χ4v) is 0.837. The third kappa shape index (κ3) is 10.5. The predicted molar refractivity (Wildman–Crippen MR) is 54.4 cm³/mol. The molecule has 0 radical (unpaired) electrons. The summed E-state index contributed by atoms with van der Waals surface area (Å²) in [4.78, 5) is 0. The van der Waals surface area contributed by atoms with Crippen molar-refractivity contribution < 1.29 is 4.28 Å². The Morgan fingerprint density at radius 3 is 2.73 bits per heavy atom. The maximum Gasteiger partial charge on any atom is 0.104 e. The van der Waals surface area contributed by atoms with E-state index in [1.54, 1.807) is 0 Å². The number of nitrogens with zero attached hydrogens (tertiary/aromatic N) is 1. The number of nitrogens with two attached hydrogens (primary N) is 1. The predicted octanol–water partition coefficient (Wildman–Crippen LogP) is 0.0940. The molecule has 0 aromatic carbocycles. The van der Waals surface area contributed by atoms with Crippen LogP contribution in [0.5, 0.6) is 0 Å². The van der Waals surface area contributed by atoms with Gasteiger partial charge in [0.25, 0.3) is 0 Å². The Morgan fingerprint density at radius 1 is 1.64 bits per heavy atom. The van der Waals surface area contributed by atoms with Gasteiger partial charge in [-0.25, -0.2) is 14.5 Å². The Balaban J connectivity index is 0. The second-order valence-corrected chi connectivity index (χ2v) is 2.84. The molecule has 0 aliphatic heterocycles. The van der Waals surface area contributed by atoms with Crippen molar-refractivity contribution >= 4 is 25.7 Å². The van der Waals surface area contributed by atoms with E-state index in [1.165, 1.54) is 0 Å². The van der Waals surface area contributed by atoms with Gasteiger partial charge in [0.1, 0.15) is 12.2 Å². The maximum atomic E-state index is 4.83. The molecule has 6 heteroatoms. The molecule has 0 rings (SSSR count). The molecule has 0 spiro atoms. The normalized spacial score (nSPS) is 9.82. The number of likely N-dealkylation sites (N-methyl/N-ethyl adjacent to an activating group) is 2. The fourth-order valence-electron chi connectivity index (χ4n) is 0.524. The highest BCUT2D eigenvalue weighted by Crippen LogP contribution is 2.01. The smallest absolute Gasteiger partial charge is 0.104 e. The summed E-state index contributed by atoms with van der Waals surface area (Å²) in [5.74, 6) is 4.83. The van der Waals surface area contributed by atoms with Gasteiger partial charge in [0.15, 0.2) is 0 Å². The molecule has 0 saturated carbocycles. The molecule has 0 unspecified atom stereocenters. The van der Waals surface area contributed by atoms with Crippen LogP contribution < -0.4 is 11.2 Å². The van der Waals surface area contributed by atoms with E-state index in [0.717, 1.165) is 31.9 Å². The van der Waals surface area contributed by atoms with E-state index in [4.69, 9.17) is 5.90 Å². The highest BCUT2D eigenvalue weighted by molar-refractivity contribution is 7.92. The number of hydrogen-bond acceptors (Lipinski definition) is 5. The first-order valence-electron chi connectivity index (χ1n) is 3.26. The molecule has 11 heavy (non-hydrogen) atoms. The van der Waals surface area contributed by atoms with E-state index in [2.05, 4.69) is 16.5 Å². The minimum atomic E-state index is 0. The van der Waals surface area contributed by atoms with Gasteiger partial charge < -0.3 is 5.32 Å². The molecule has 70 valence electrons. The average Bonchev–Trinajstić information content (AvgIpc) is 1.89. The van der Waals surface area contributed by atoms with E-state index in [0.29, 0.717) is 0 Å². The van der Waals surface area contributed by atoms with Crippen LogP contribution in [0.4, 0.5) is 0 Å². The Morgan fingerprint density at radius 2 is 2.27 bits per heavy atom. The minimum absolute atomic E-state index is 0.